The van der Waals surface area contributed by atoms with Crippen LogP contribution in [0.2, 0.25) is 5.02 Å². The summed E-state index contributed by atoms with van der Waals surface area (Å²) in [6, 6.07) is 10.9. The predicted molar refractivity (Wildman–Crippen MR) is 80.2 cm³/mol. The minimum absolute atomic E-state index is 0.0532. The smallest absolute Gasteiger partial charge is 0.238 e. The van der Waals surface area contributed by atoms with Crippen LogP contribution >= 0.6 is 11.6 Å². The summed E-state index contributed by atoms with van der Waals surface area (Å²) in [5.74, 6) is 1.10. The molecule has 2 aromatic rings. The van der Waals surface area contributed by atoms with Crippen molar-refractivity contribution in [2.45, 2.75) is 32.9 Å². The minimum atomic E-state index is 0.0532. The Morgan fingerprint density at radius 1 is 1.15 bits per heavy atom. The summed E-state index contributed by atoms with van der Waals surface area (Å²) < 4.78 is 5.58. The van der Waals surface area contributed by atoms with E-state index in [1.54, 1.807) is 18.2 Å². The number of hydrogen-bond acceptors (Lipinski definition) is 4. The molecule has 0 bridgehead atoms. The third kappa shape index (κ3) is 4.79. The molecule has 1 N–H and O–H groups in total. The summed E-state index contributed by atoms with van der Waals surface area (Å²) >= 11 is 5.90. The minimum Gasteiger partial charge on any atom is -0.437 e. The Morgan fingerprint density at radius 2 is 1.95 bits per heavy atom. The maximum Gasteiger partial charge on any atom is 0.238 e. The van der Waals surface area contributed by atoms with E-state index in [0.717, 1.165) is 5.69 Å². The first kappa shape index (κ1) is 14.8. The van der Waals surface area contributed by atoms with Crippen LogP contribution in [-0.2, 0) is 6.54 Å². The van der Waals surface area contributed by atoms with Gasteiger partial charge in [0.25, 0.3) is 0 Å². The molecule has 0 fully saturated rings. The summed E-state index contributed by atoms with van der Waals surface area (Å²) in [7, 11) is 0. The lowest BCUT2D eigenvalue weighted by Gasteiger charge is -2.19. The molecule has 2 rings (SSSR count). The molecule has 0 spiro atoms. The van der Waals surface area contributed by atoms with Crippen LogP contribution < -0.4 is 10.1 Å². The highest BCUT2D eigenvalue weighted by Gasteiger charge is 2.09. The fourth-order valence-corrected chi connectivity index (χ4v) is 1.68. The van der Waals surface area contributed by atoms with Gasteiger partial charge in [-0.2, -0.15) is 5.10 Å². The maximum absolute atomic E-state index is 5.90. The van der Waals surface area contributed by atoms with E-state index >= 15 is 0 Å². The fourth-order valence-electron chi connectivity index (χ4n) is 1.50. The number of ether oxygens (including phenoxy) is 1. The Balaban J connectivity index is 1.98. The van der Waals surface area contributed by atoms with Crippen molar-refractivity contribution in [2.24, 2.45) is 0 Å². The van der Waals surface area contributed by atoms with Crippen LogP contribution in [0.15, 0.2) is 36.4 Å². The zero-order valence-electron chi connectivity index (χ0n) is 11.9. The fraction of sp³-hybridized carbons (Fsp3) is 0.333. The van der Waals surface area contributed by atoms with Gasteiger partial charge < -0.3 is 10.1 Å². The summed E-state index contributed by atoms with van der Waals surface area (Å²) in [5, 5.41) is 12.2. The van der Waals surface area contributed by atoms with E-state index in [2.05, 4.69) is 36.3 Å². The van der Waals surface area contributed by atoms with Crippen LogP contribution in [0.4, 0.5) is 0 Å². The molecule has 0 atom stereocenters. The number of halogens is 1. The lowest BCUT2D eigenvalue weighted by atomic mass is 10.1. The van der Waals surface area contributed by atoms with Gasteiger partial charge in [-0.3, -0.25) is 0 Å². The van der Waals surface area contributed by atoms with Gasteiger partial charge in [0.2, 0.25) is 5.88 Å². The molecule has 20 heavy (non-hydrogen) atoms. The predicted octanol–water partition coefficient (Wildman–Crippen LogP) is 3.81. The lowest BCUT2D eigenvalue weighted by molar-refractivity contribution is 0.416. The molecule has 0 radical (unpaired) electrons. The van der Waals surface area contributed by atoms with Crippen LogP contribution in [0, 0.1) is 0 Å². The number of rotatable bonds is 4. The summed E-state index contributed by atoms with van der Waals surface area (Å²) in [5.41, 5.74) is 0.927. The first-order valence-electron chi connectivity index (χ1n) is 6.43. The van der Waals surface area contributed by atoms with Crippen molar-refractivity contribution in [1.82, 2.24) is 15.5 Å². The molecule has 4 nitrogen and oxygen atoms in total. The molecule has 1 aromatic carbocycles. The van der Waals surface area contributed by atoms with Gasteiger partial charge in [-0.05, 0) is 45.0 Å². The maximum atomic E-state index is 5.90. The highest BCUT2D eigenvalue weighted by molar-refractivity contribution is 6.30. The molecular weight excluding hydrogens is 274 g/mol. The van der Waals surface area contributed by atoms with Gasteiger partial charge in [-0.25, -0.2) is 0 Å². The van der Waals surface area contributed by atoms with E-state index < -0.39 is 0 Å². The van der Waals surface area contributed by atoms with Crippen molar-refractivity contribution in [1.29, 1.82) is 0 Å². The average Bonchev–Trinajstić information content (AvgIpc) is 2.37. The summed E-state index contributed by atoms with van der Waals surface area (Å²) in [6.07, 6.45) is 0. The van der Waals surface area contributed by atoms with Gasteiger partial charge in [-0.15, -0.1) is 5.10 Å². The molecule has 0 aliphatic heterocycles. The molecular formula is C15H18ClN3O. The first-order valence-corrected chi connectivity index (χ1v) is 6.81. The molecule has 106 valence electrons. The van der Waals surface area contributed by atoms with E-state index in [-0.39, 0.29) is 5.54 Å². The van der Waals surface area contributed by atoms with Crippen LogP contribution in [0.25, 0.3) is 0 Å². The zero-order chi connectivity index (χ0) is 14.6. The quantitative estimate of drug-likeness (QED) is 0.930. The largest absolute Gasteiger partial charge is 0.437 e. The molecule has 0 saturated carbocycles. The lowest BCUT2D eigenvalue weighted by Crippen LogP contribution is -2.35. The number of nitrogens with one attached hydrogen (secondary N) is 1. The molecule has 0 saturated heterocycles. The molecule has 0 amide bonds. The van der Waals surface area contributed by atoms with E-state index in [0.29, 0.717) is 23.2 Å². The van der Waals surface area contributed by atoms with Gasteiger partial charge in [0.05, 0.1) is 5.69 Å². The molecule has 5 heteroatoms. The standard InChI is InChI=1S/C15H18ClN3O/c1-15(2,3)17-10-12-7-8-14(19-18-12)20-13-6-4-5-11(16)9-13/h4-9,17H,10H2,1-3H3. The van der Waals surface area contributed by atoms with Crippen molar-refractivity contribution in [2.75, 3.05) is 0 Å². The van der Waals surface area contributed by atoms with Gasteiger partial charge in [-0.1, -0.05) is 17.7 Å². The highest BCUT2D eigenvalue weighted by Crippen LogP contribution is 2.22. The number of benzene rings is 1. The Labute approximate surface area is 124 Å². The van der Waals surface area contributed by atoms with Gasteiger partial charge in [0.1, 0.15) is 5.75 Å². The molecule has 0 aliphatic carbocycles. The second kappa shape index (κ2) is 6.20. The van der Waals surface area contributed by atoms with E-state index in [1.807, 2.05) is 18.2 Å². The van der Waals surface area contributed by atoms with E-state index in [1.165, 1.54) is 0 Å². The average molecular weight is 292 g/mol. The highest BCUT2D eigenvalue weighted by atomic mass is 35.5. The number of nitrogens with zero attached hydrogens (tertiary/aromatic N) is 2. The Bertz CT molecular complexity index is 564. The summed E-state index contributed by atoms with van der Waals surface area (Å²) in [6.45, 7) is 7.00. The molecule has 1 aromatic heterocycles. The number of hydrogen-bond donors (Lipinski definition) is 1. The molecule has 0 unspecified atom stereocenters. The molecule has 1 heterocycles. The van der Waals surface area contributed by atoms with Crippen molar-refractivity contribution < 1.29 is 4.74 Å². The Kier molecular flexibility index (Phi) is 4.57. The van der Waals surface area contributed by atoms with Crippen LogP contribution in [-0.4, -0.2) is 15.7 Å². The van der Waals surface area contributed by atoms with Crippen LogP contribution in [0.1, 0.15) is 26.5 Å². The first-order chi connectivity index (χ1) is 9.42. The summed E-state index contributed by atoms with van der Waals surface area (Å²) in [4.78, 5) is 0. The monoisotopic (exact) mass is 291 g/mol. The second-order valence-electron chi connectivity index (χ2n) is 5.53. The number of aromatic nitrogens is 2. The van der Waals surface area contributed by atoms with Gasteiger partial charge >= 0.3 is 0 Å². The van der Waals surface area contributed by atoms with Gasteiger partial charge in [0, 0.05) is 23.2 Å². The topological polar surface area (TPSA) is 47.0 Å². The zero-order valence-corrected chi connectivity index (χ0v) is 12.6. The van der Waals surface area contributed by atoms with E-state index in [4.69, 9.17) is 16.3 Å². The van der Waals surface area contributed by atoms with Crippen molar-refractivity contribution in [3.63, 3.8) is 0 Å². The third-order valence-electron chi connectivity index (χ3n) is 2.51. The third-order valence-corrected chi connectivity index (χ3v) is 2.75. The van der Waals surface area contributed by atoms with Crippen molar-refractivity contribution in [3.8, 4) is 11.6 Å². The second-order valence-corrected chi connectivity index (χ2v) is 5.96. The van der Waals surface area contributed by atoms with Crippen LogP contribution in [0.5, 0.6) is 11.6 Å². The Morgan fingerprint density at radius 3 is 2.55 bits per heavy atom. The van der Waals surface area contributed by atoms with Gasteiger partial charge in [0.15, 0.2) is 0 Å². The normalized spacial score (nSPS) is 11.4. The van der Waals surface area contributed by atoms with Crippen molar-refractivity contribution in [3.05, 3.63) is 47.1 Å². The Hall–Kier alpha value is -1.65. The van der Waals surface area contributed by atoms with Crippen molar-refractivity contribution >= 4 is 11.6 Å². The SMILES string of the molecule is CC(C)(C)NCc1ccc(Oc2cccc(Cl)c2)nn1. The van der Waals surface area contributed by atoms with E-state index in [9.17, 15) is 0 Å². The molecule has 0 aliphatic rings. The van der Waals surface area contributed by atoms with Crippen LogP contribution in [0.3, 0.4) is 0 Å².